The van der Waals surface area contributed by atoms with E-state index in [9.17, 15) is 22.8 Å². The molecule has 0 saturated heterocycles. The van der Waals surface area contributed by atoms with E-state index in [4.69, 9.17) is 5.11 Å². The van der Waals surface area contributed by atoms with Crippen LogP contribution >= 0.6 is 0 Å². The number of carbonyl (C=O) groups excluding carboxylic acids is 1. The molecule has 0 heterocycles. The first-order chi connectivity index (χ1) is 9.30. The summed E-state index contributed by atoms with van der Waals surface area (Å²) in [6.07, 6.45) is -4.50. The molecule has 0 aliphatic carbocycles. The second-order valence-corrected chi connectivity index (χ2v) is 3.82. The number of carbonyl (C=O) groups is 2. The summed E-state index contributed by atoms with van der Waals surface area (Å²) in [7, 11) is 0. The normalized spacial score (nSPS) is 11.2. The lowest BCUT2D eigenvalue weighted by Gasteiger charge is -2.13. The Labute approximate surface area is 112 Å². The molecule has 0 aliphatic heterocycles. The van der Waals surface area contributed by atoms with Crippen molar-refractivity contribution in [1.29, 1.82) is 0 Å². The van der Waals surface area contributed by atoms with Crippen LogP contribution in [0.3, 0.4) is 0 Å². The quantitative estimate of drug-likeness (QED) is 0.831. The summed E-state index contributed by atoms with van der Waals surface area (Å²) in [5, 5.41) is 10.5. The number of hydrogen-bond donors (Lipinski definition) is 2. The minimum Gasteiger partial charge on any atom is -0.480 e. The van der Waals surface area contributed by atoms with Gasteiger partial charge in [0, 0.05) is 6.54 Å². The summed E-state index contributed by atoms with van der Waals surface area (Å²) in [6.45, 7) is -1.49. The Kier molecular flexibility index (Phi) is 5.51. The maximum atomic E-state index is 12.7. The molecule has 8 heteroatoms. The fourth-order valence-electron chi connectivity index (χ4n) is 1.43. The summed E-state index contributed by atoms with van der Waals surface area (Å²) in [5.74, 6) is -1.93. The highest BCUT2D eigenvalue weighted by Gasteiger charge is 2.32. The van der Waals surface area contributed by atoms with Crippen molar-refractivity contribution in [3.63, 3.8) is 0 Å². The van der Waals surface area contributed by atoms with E-state index >= 15 is 0 Å². The molecule has 0 unspecified atom stereocenters. The van der Waals surface area contributed by atoms with Gasteiger partial charge in [-0.05, 0) is 11.6 Å². The molecule has 1 aromatic rings. The Morgan fingerprint density at radius 2 is 1.85 bits per heavy atom. The van der Waals surface area contributed by atoms with Gasteiger partial charge in [-0.25, -0.2) is 4.79 Å². The van der Waals surface area contributed by atoms with Gasteiger partial charge >= 0.3 is 12.1 Å². The van der Waals surface area contributed by atoms with Gasteiger partial charge in [-0.2, -0.15) is 13.2 Å². The van der Waals surface area contributed by atoms with Gasteiger partial charge in [0.05, 0.1) is 5.56 Å². The molecule has 0 atom stereocenters. The number of rotatable bonds is 6. The van der Waals surface area contributed by atoms with Gasteiger partial charge in [0.25, 0.3) is 0 Å². The standard InChI is InChI=1S/C12H12F3NO4/c13-12(14,15)9-4-2-1-3-8(9)5-16-10(17)6-20-7-11(18)19/h1-4H,5-7H2,(H,16,17)(H,18,19). The third-order valence-electron chi connectivity index (χ3n) is 2.26. The maximum absolute atomic E-state index is 12.7. The van der Waals surface area contributed by atoms with Crippen molar-refractivity contribution in [2.24, 2.45) is 0 Å². The molecular formula is C12H12F3NO4. The number of halogens is 3. The van der Waals surface area contributed by atoms with Gasteiger partial charge < -0.3 is 15.2 Å². The fourth-order valence-corrected chi connectivity index (χ4v) is 1.43. The van der Waals surface area contributed by atoms with Crippen LogP contribution in [0.2, 0.25) is 0 Å². The van der Waals surface area contributed by atoms with Crippen LogP contribution in [0.15, 0.2) is 24.3 Å². The molecule has 0 saturated carbocycles. The molecule has 1 amide bonds. The van der Waals surface area contributed by atoms with Crippen LogP contribution in [0.5, 0.6) is 0 Å². The second-order valence-electron chi connectivity index (χ2n) is 3.82. The molecule has 0 bridgehead atoms. The molecule has 1 rings (SSSR count). The molecule has 5 nitrogen and oxygen atoms in total. The Hall–Kier alpha value is -2.09. The van der Waals surface area contributed by atoms with Crippen molar-refractivity contribution in [2.75, 3.05) is 13.2 Å². The van der Waals surface area contributed by atoms with Gasteiger partial charge in [0.2, 0.25) is 5.91 Å². The van der Waals surface area contributed by atoms with Crippen molar-refractivity contribution in [3.8, 4) is 0 Å². The molecule has 0 fully saturated rings. The minimum absolute atomic E-state index is 0.0772. The molecule has 110 valence electrons. The van der Waals surface area contributed by atoms with Gasteiger partial charge in [-0.1, -0.05) is 18.2 Å². The lowest BCUT2D eigenvalue weighted by atomic mass is 10.1. The van der Waals surface area contributed by atoms with Crippen molar-refractivity contribution in [2.45, 2.75) is 12.7 Å². The molecule has 2 N–H and O–H groups in total. The Morgan fingerprint density at radius 1 is 1.20 bits per heavy atom. The van der Waals surface area contributed by atoms with Crippen LogP contribution in [-0.4, -0.2) is 30.2 Å². The summed E-state index contributed by atoms with van der Waals surface area (Å²) in [6, 6.07) is 4.85. The predicted molar refractivity (Wildman–Crippen MR) is 61.7 cm³/mol. The zero-order chi connectivity index (χ0) is 15.2. The van der Waals surface area contributed by atoms with Crippen molar-refractivity contribution >= 4 is 11.9 Å². The number of alkyl halides is 3. The molecule has 0 spiro atoms. The van der Waals surface area contributed by atoms with Gasteiger partial charge in [-0.3, -0.25) is 4.79 Å². The number of carboxylic acids is 1. The van der Waals surface area contributed by atoms with Crippen molar-refractivity contribution in [1.82, 2.24) is 5.32 Å². The molecule has 0 aromatic heterocycles. The minimum atomic E-state index is -4.50. The number of amides is 1. The first-order valence-electron chi connectivity index (χ1n) is 5.52. The zero-order valence-corrected chi connectivity index (χ0v) is 10.2. The Bertz CT molecular complexity index is 488. The fraction of sp³-hybridized carbons (Fsp3) is 0.333. The van der Waals surface area contributed by atoms with Crippen LogP contribution in [-0.2, 0) is 27.0 Å². The summed E-state index contributed by atoms with van der Waals surface area (Å²) in [5.41, 5.74) is -0.904. The van der Waals surface area contributed by atoms with Gasteiger partial charge in [-0.15, -0.1) is 0 Å². The lowest BCUT2D eigenvalue weighted by molar-refractivity contribution is -0.144. The lowest BCUT2D eigenvalue weighted by Crippen LogP contribution is -2.29. The monoisotopic (exact) mass is 291 g/mol. The third kappa shape index (κ3) is 5.27. The Morgan fingerprint density at radius 3 is 2.45 bits per heavy atom. The number of aliphatic carboxylic acids is 1. The first-order valence-corrected chi connectivity index (χ1v) is 5.52. The van der Waals surface area contributed by atoms with E-state index in [2.05, 4.69) is 10.1 Å². The summed E-state index contributed by atoms with van der Waals surface area (Å²) in [4.78, 5) is 21.4. The number of nitrogens with one attached hydrogen (secondary N) is 1. The topological polar surface area (TPSA) is 75.6 Å². The van der Waals surface area contributed by atoms with E-state index in [0.29, 0.717) is 0 Å². The van der Waals surface area contributed by atoms with Gasteiger partial charge in [0.1, 0.15) is 13.2 Å². The van der Waals surface area contributed by atoms with Crippen LogP contribution in [0.1, 0.15) is 11.1 Å². The average molecular weight is 291 g/mol. The van der Waals surface area contributed by atoms with Gasteiger partial charge in [0.15, 0.2) is 0 Å². The average Bonchev–Trinajstić information content (AvgIpc) is 2.35. The van der Waals surface area contributed by atoms with Crippen LogP contribution in [0.4, 0.5) is 13.2 Å². The smallest absolute Gasteiger partial charge is 0.416 e. The van der Waals surface area contributed by atoms with E-state index in [1.807, 2.05) is 0 Å². The highest BCUT2D eigenvalue weighted by atomic mass is 19.4. The predicted octanol–water partition coefficient (Wildman–Crippen LogP) is 1.42. The highest BCUT2D eigenvalue weighted by Crippen LogP contribution is 2.31. The largest absolute Gasteiger partial charge is 0.480 e. The van der Waals surface area contributed by atoms with E-state index in [1.54, 1.807) is 0 Å². The Balaban J connectivity index is 2.54. The number of ether oxygens (including phenoxy) is 1. The molecule has 1 aromatic carbocycles. The van der Waals surface area contributed by atoms with Crippen molar-refractivity contribution in [3.05, 3.63) is 35.4 Å². The highest BCUT2D eigenvalue weighted by molar-refractivity contribution is 5.77. The molecular weight excluding hydrogens is 279 g/mol. The molecule has 0 radical (unpaired) electrons. The molecule has 20 heavy (non-hydrogen) atoms. The number of carboxylic acid groups (broad SMARTS) is 1. The van der Waals surface area contributed by atoms with Crippen LogP contribution in [0.25, 0.3) is 0 Å². The maximum Gasteiger partial charge on any atom is 0.416 e. The SMILES string of the molecule is O=C(O)COCC(=O)NCc1ccccc1C(F)(F)F. The summed E-state index contributed by atoms with van der Waals surface area (Å²) < 4.78 is 42.5. The second kappa shape index (κ2) is 6.90. The van der Waals surface area contributed by atoms with E-state index in [1.165, 1.54) is 18.2 Å². The molecule has 0 aliphatic rings. The van der Waals surface area contributed by atoms with E-state index < -0.39 is 36.8 Å². The number of benzene rings is 1. The summed E-state index contributed by atoms with van der Waals surface area (Å²) >= 11 is 0. The third-order valence-corrected chi connectivity index (χ3v) is 2.26. The first kappa shape index (κ1) is 16.0. The van der Waals surface area contributed by atoms with E-state index in [-0.39, 0.29) is 12.1 Å². The van der Waals surface area contributed by atoms with E-state index in [0.717, 1.165) is 6.07 Å². The number of hydrogen-bond acceptors (Lipinski definition) is 3. The van der Waals surface area contributed by atoms with Crippen LogP contribution in [0, 0.1) is 0 Å². The zero-order valence-electron chi connectivity index (χ0n) is 10.2. The van der Waals surface area contributed by atoms with Crippen molar-refractivity contribution < 1.29 is 32.6 Å². The van der Waals surface area contributed by atoms with Crippen LogP contribution < -0.4 is 5.32 Å².